The smallest absolute Gasteiger partial charge is 0.343 e. The molecule has 0 aliphatic rings. The van der Waals surface area contributed by atoms with E-state index in [9.17, 15) is 4.79 Å². The van der Waals surface area contributed by atoms with Crippen molar-refractivity contribution in [2.45, 2.75) is 13.8 Å². The number of nitrogens with zero attached hydrogens (tertiary/aromatic N) is 1. The highest BCUT2D eigenvalue weighted by Gasteiger charge is 2.21. The van der Waals surface area contributed by atoms with Crippen LogP contribution in [0.2, 0.25) is 0 Å². The van der Waals surface area contributed by atoms with Crippen molar-refractivity contribution in [3.05, 3.63) is 60.2 Å². The first-order chi connectivity index (χ1) is 10.1. The lowest BCUT2D eigenvalue weighted by atomic mass is 10.2. The van der Waals surface area contributed by atoms with Crippen LogP contribution in [0.1, 0.15) is 24.2 Å². The van der Waals surface area contributed by atoms with Gasteiger partial charge in [-0.05, 0) is 38.1 Å². The van der Waals surface area contributed by atoms with E-state index in [1.165, 1.54) is 0 Å². The zero-order valence-corrected chi connectivity index (χ0v) is 12.9. The van der Waals surface area contributed by atoms with Crippen LogP contribution in [0.25, 0.3) is 0 Å². The monoisotopic (exact) mass is 284 g/mol. The van der Waals surface area contributed by atoms with Crippen LogP contribution in [0.4, 0.5) is 5.69 Å². The molecule has 2 aromatic carbocycles. The summed E-state index contributed by atoms with van der Waals surface area (Å²) < 4.78 is 6.29. The van der Waals surface area contributed by atoms with E-state index in [1.807, 2.05) is 36.4 Å². The molecule has 0 saturated heterocycles. The van der Waals surface area contributed by atoms with Crippen molar-refractivity contribution in [3.63, 3.8) is 0 Å². The fraction of sp³-hybridized carbons (Fsp3) is 0.278. The predicted octanol–water partition coefficient (Wildman–Crippen LogP) is 3.88. The SMILES string of the molecule is CC[N+](C)(CC)c1cccc(OC(=O)c2ccccc2)c1. The van der Waals surface area contributed by atoms with E-state index in [0.29, 0.717) is 11.3 Å². The van der Waals surface area contributed by atoms with Crippen LogP contribution in [-0.2, 0) is 0 Å². The normalized spacial score (nSPS) is 11.2. The molecule has 3 nitrogen and oxygen atoms in total. The number of benzene rings is 2. The van der Waals surface area contributed by atoms with Gasteiger partial charge in [0.05, 0.1) is 25.7 Å². The van der Waals surface area contributed by atoms with Crippen molar-refractivity contribution in [1.29, 1.82) is 0 Å². The molecule has 0 unspecified atom stereocenters. The highest BCUT2D eigenvalue weighted by molar-refractivity contribution is 5.91. The fourth-order valence-electron chi connectivity index (χ4n) is 2.21. The summed E-state index contributed by atoms with van der Waals surface area (Å²) in [7, 11) is 2.18. The van der Waals surface area contributed by atoms with Gasteiger partial charge in [-0.2, -0.15) is 0 Å². The Morgan fingerprint density at radius 3 is 2.29 bits per heavy atom. The molecule has 110 valence electrons. The second-order valence-electron chi connectivity index (χ2n) is 5.28. The van der Waals surface area contributed by atoms with Gasteiger partial charge in [0.1, 0.15) is 11.4 Å². The summed E-state index contributed by atoms with van der Waals surface area (Å²) in [6, 6.07) is 16.8. The van der Waals surface area contributed by atoms with E-state index in [1.54, 1.807) is 12.1 Å². The third kappa shape index (κ3) is 3.50. The molecule has 0 saturated carbocycles. The van der Waals surface area contributed by atoms with Gasteiger partial charge < -0.3 is 4.74 Å². The maximum Gasteiger partial charge on any atom is 0.343 e. The lowest BCUT2D eigenvalue weighted by molar-refractivity contribution is 0.0734. The van der Waals surface area contributed by atoms with Crippen LogP contribution >= 0.6 is 0 Å². The van der Waals surface area contributed by atoms with Gasteiger partial charge in [-0.15, -0.1) is 0 Å². The summed E-state index contributed by atoms with van der Waals surface area (Å²) in [5, 5.41) is 0. The van der Waals surface area contributed by atoms with Crippen molar-refractivity contribution in [3.8, 4) is 5.75 Å². The van der Waals surface area contributed by atoms with Gasteiger partial charge in [0.15, 0.2) is 0 Å². The average molecular weight is 284 g/mol. The Hall–Kier alpha value is -2.13. The Labute approximate surface area is 126 Å². The molecule has 0 heterocycles. The van der Waals surface area contributed by atoms with E-state index in [2.05, 4.69) is 27.0 Å². The molecule has 0 atom stereocenters. The summed E-state index contributed by atoms with van der Waals surface area (Å²) in [6.07, 6.45) is 0. The number of quaternary nitrogens is 1. The minimum absolute atomic E-state index is 0.324. The topological polar surface area (TPSA) is 26.3 Å². The van der Waals surface area contributed by atoms with E-state index >= 15 is 0 Å². The Morgan fingerprint density at radius 2 is 1.67 bits per heavy atom. The van der Waals surface area contributed by atoms with Gasteiger partial charge in [-0.25, -0.2) is 4.79 Å². The van der Waals surface area contributed by atoms with Crippen molar-refractivity contribution >= 4 is 11.7 Å². The molecule has 21 heavy (non-hydrogen) atoms. The van der Waals surface area contributed by atoms with Gasteiger partial charge in [0, 0.05) is 6.07 Å². The second-order valence-corrected chi connectivity index (χ2v) is 5.28. The summed E-state index contributed by atoms with van der Waals surface area (Å²) in [5.41, 5.74) is 1.71. The zero-order valence-electron chi connectivity index (χ0n) is 12.9. The Morgan fingerprint density at radius 1 is 1.00 bits per heavy atom. The molecule has 0 amide bonds. The minimum Gasteiger partial charge on any atom is -0.423 e. The van der Waals surface area contributed by atoms with Gasteiger partial charge in [-0.1, -0.05) is 24.3 Å². The lowest BCUT2D eigenvalue weighted by Gasteiger charge is -2.31. The first kappa shape index (κ1) is 15.3. The summed E-state index contributed by atoms with van der Waals surface area (Å²) in [6.45, 7) is 6.30. The minimum atomic E-state index is -0.324. The lowest BCUT2D eigenvalue weighted by Crippen LogP contribution is -2.44. The van der Waals surface area contributed by atoms with Crippen molar-refractivity contribution in [1.82, 2.24) is 4.48 Å². The first-order valence-corrected chi connectivity index (χ1v) is 7.31. The molecule has 0 radical (unpaired) electrons. The molecule has 0 N–H and O–H groups in total. The van der Waals surface area contributed by atoms with E-state index in [0.717, 1.165) is 23.3 Å². The van der Waals surface area contributed by atoms with Crippen LogP contribution in [0, 0.1) is 0 Å². The number of carbonyl (C=O) groups excluding carboxylic acids is 1. The third-order valence-electron chi connectivity index (χ3n) is 4.06. The molecule has 3 heteroatoms. The Balaban J connectivity index is 2.21. The molecular weight excluding hydrogens is 262 g/mol. The maximum absolute atomic E-state index is 12.1. The molecule has 0 bridgehead atoms. The number of esters is 1. The summed E-state index contributed by atoms with van der Waals surface area (Å²) >= 11 is 0. The quantitative estimate of drug-likeness (QED) is 0.473. The predicted molar refractivity (Wildman–Crippen MR) is 86.6 cm³/mol. The highest BCUT2D eigenvalue weighted by Crippen LogP contribution is 2.26. The molecule has 2 rings (SSSR count). The third-order valence-corrected chi connectivity index (χ3v) is 4.06. The molecule has 2 aromatic rings. The number of hydrogen-bond donors (Lipinski definition) is 0. The Kier molecular flexibility index (Phi) is 4.76. The van der Waals surface area contributed by atoms with Crippen LogP contribution in [-0.4, -0.2) is 26.1 Å². The molecule has 0 spiro atoms. The molecular formula is C18H22NO2+. The molecule has 0 aromatic heterocycles. The van der Waals surface area contributed by atoms with Crippen molar-refractivity contribution < 1.29 is 9.53 Å². The van der Waals surface area contributed by atoms with Crippen LogP contribution < -0.4 is 9.22 Å². The van der Waals surface area contributed by atoms with Gasteiger partial charge in [0.2, 0.25) is 0 Å². The van der Waals surface area contributed by atoms with Crippen LogP contribution in [0.15, 0.2) is 54.6 Å². The van der Waals surface area contributed by atoms with Crippen LogP contribution in [0.3, 0.4) is 0 Å². The molecule has 0 fully saturated rings. The average Bonchev–Trinajstić information content (AvgIpc) is 2.55. The first-order valence-electron chi connectivity index (χ1n) is 7.31. The van der Waals surface area contributed by atoms with Gasteiger partial charge in [0.25, 0.3) is 0 Å². The highest BCUT2D eigenvalue weighted by atomic mass is 16.5. The standard InChI is InChI=1S/C18H22NO2/c1-4-19(3,5-2)16-12-9-13-17(14-16)21-18(20)15-10-7-6-8-11-15/h6-14H,4-5H2,1-3H3/q+1. The van der Waals surface area contributed by atoms with E-state index in [-0.39, 0.29) is 5.97 Å². The van der Waals surface area contributed by atoms with E-state index < -0.39 is 0 Å². The summed E-state index contributed by atoms with van der Waals surface area (Å²) in [5.74, 6) is 0.266. The zero-order chi connectivity index (χ0) is 15.3. The largest absolute Gasteiger partial charge is 0.423 e. The van der Waals surface area contributed by atoms with Crippen LogP contribution in [0.5, 0.6) is 5.75 Å². The number of hydrogen-bond acceptors (Lipinski definition) is 2. The van der Waals surface area contributed by atoms with Crippen molar-refractivity contribution in [2.75, 3.05) is 20.1 Å². The Bertz CT molecular complexity index is 604. The fourth-order valence-corrected chi connectivity index (χ4v) is 2.21. The van der Waals surface area contributed by atoms with Crippen molar-refractivity contribution in [2.24, 2.45) is 0 Å². The van der Waals surface area contributed by atoms with E-state index in [4.69, 9.17) is 4.74 Å². The molecule has 0 aliphatic heterocycles. The van der Waals surface area contributed by atoms with Gasteiger partial charge >= 0.3 is 5.97 Å². The number of carbonyl (C=O) groups is 1. The number of rotatable bonds is 5. The second kappa shape index (κ2) is 6.55. The number of ether oxygens (including phenoxy) is 1. The summed E-state index contributed by atoms with van der Waals surface area (Å²) in [4.78, 5) is 12.1. The maximum atomic E-state index is 12.1. The van der Waals surface area contributed by atoms with Gasteiger partial charge in [-0.3, -0.25) is 4.48 Å². The molecule has 0 aliphatic carbocycles.